The van der Waals surface area contributed by atoms with E-state index in [9.17, 15) is 0 Å². The van der Waals surface area contributed by atoms with Crippen LogP contribution in [0.5, 0.6) is 0 Å². The van der Waals surface area contributed by atoms with Crippen LogP contribution in [0.4, 0.5) is 0 Å². The minimum absolute atomic E-state index is 0.805. The van der Waals surface area contributed by atoms with Gasteiger partial charge >= 0.3 is 0 Å². The molecular formula is C15H15I. The van der Waals surface area contributed by atoms with E-state index in [0.717, 1.165) is 5.92 Å². The van der Waals surface area contributed by atoms with Crippen molar-refractivity contribution >= 4 is 33.4 Å². The van der Waals surface area contributed by atoms with Crippen LogP contribution in [0, 0.1) is 3.57 Å². The van der Waals surface area contributed by atoms with E-state index in [-0.39, 0.29) is 0 Å². The van der Waals surface area contributed by atoms with Gasteiger partial charge in [-0.2, -0.15) is 0 Å². The van der Waals surface area contributed by atoms with E-state index in [2.05, 4.69) is 59.0 Å². The van der Waals surface area contributed by atoms with Crippen molar-refractivity contribution in [2.45, 2.75) is 31.6 Å². The molecule has 1 aliphatic carbocycles. The van der Waals surface area contributed by atoms with Crippen LogP contribution in [0.15, 0.2) is 36.4 Å². The lowest BCUT2D eigenvalue weighted by atomic mass is 9.92. The van der Waals surface area contributed by atoms with Gasteiger partial charge in [0, 0.05) is 3.57 Å². The first kappa shape index (κ1) is 10.6. The molecule has 0 heterocycles. The Morgan fingerprint density at radius 1 is 1.00 bits per heavy atom. The first-order valence-corrected chi connectivity index (χ1v) is 7.10. The maximum atomic E-state index is 2.44. The SMILES string of the molecule is Ic1cc(C2CCCC2)c2ccccc2c1. The smallest absolute Gasteiger partial charge is 0.0139 e. The van der Waals surface area contributed by atoms with E-state index < -0.39 is 0 Å². The second kappa shape index (κ2) is 4.36. The molecule has 1 aliphatic rings. The fourth-order valence-corrected chi connectivity index (χ4v) is 3.55. The molecule has 0 saturated heterocycles. The average molecular weight is 322 g/mol. The minimum Gasteiger partial charge on any atom is -0.0616 e. The molecule has 1 fully saturated rings. The lowest BCUT2D eigenvalue weighted by Crippen LogP contribution is -1.94. The van der Waals surface area contributed by atoms with Crippen molar-refractivity contribution in [1.82, 2.24) is 0 Å². The summed E-state index contributed by atoms with van der Waals surface area (Å²) >= 11 is 2.44. The van der Waals surface area contributed by atoms with Crippen LogP contribution in [0.2, 0.25) is 0 Å². The predicted molar refractivity (Wildman–Crippen MR) is 77.9 cm³/mol. The number of fused-ring (bicyclic) bond motifs is 1. The zero-order valence-corrected chi connectivity index (χ0v) is 11.4. The van der Waals surface area contributed by atoms with Crippen molar-refractivity contribution in [3.05, 3.63) is 45.5 Å². The van der Waals surface area contributed by atoms with E-state index >= 15 is 0 Å². The molecule has 2 aromatic carbocycles. The summed E-state index contributed by atoms with van der Waals surface area (Å²) in [6.45, 7) is 0. The highest BCUT2D eigenvalue weighted by Gasteiger charge is 2.19. The Morgan fingerprint density at radius 3 is 2.56 bits per heavy atom. The average Bonchev–Trinajstić information content (AvgIpc) is 2.81. The summed E-state index contributed by atoms with van der Waals surface area (Å²) in [6.07, 6.45) is 5.57. The largest absolute Gasteiger partial charge is 0.0616 e. The summed E-state index contributed by atoms with van der Waals surface area (Å²) in [6, 6.07) is 13.5. The number of benzene rings is 2. The van der Waals surface area contributed by atoms with Gasteiger partial charge in [0.1, 0.15) is 0 Å². The summed E-state index contributed by atoms with van der Waals surface area (Å²) in [4.78, 5) is 0. The van der Waals surface area contributed by atoms with E-state index in [0.29, 0.717) is 0 Å². The van der Waals surface area contributed by atoms with Gasteiger partial charge in [-0.3, -0.25) is 0 Å². The first-order valence-electron chi connectivity index (χ1n) is 6.03. The van der Waals surface area contributed by atoms with Crippen molar-refractivity contribution in [2.24, 2.45) is 0 Å². The van der Waals surface area contributed by atoms with Crippen LogP contribution >= 0.6 is 22.6 Å². The maximum Gasteiger partial charge on any atom is 0.0139 e. The van der Waals surface area contributed by atoms with Crippen LogP contribution in [-0.2, 0) is 0 Å². The Balaban J connectivity index is 2.21. The molecule has 16 heavy (non-hydrogen) atoms. The number of halogens is 1. The molecule has 0 amide bonds. The Labute approximate surface area is 110 Å². The van der Waals surface area contributed by atoms with Crippen molar-refractivity contribution < 1.29 is 0 Å². The summed E-state index contributed by atoms with van der Waals surface area (Å²) in [7, 11) is 0. The van der Waals surface area contributed by atoms with Gasteiger partial charge in [0.05, 0.1) is 0 Å². The molecule has 1 heteroatoms. The van der Waals surface area contributed by atoms with E-state index in [1.54, 1.807) is 5.56 Å². The van der Waals surface area contributed by atoms with Gasteiger partial charge in [-0.1, -0.05) is 37.1 Å². The third kappa shape index (κ3) is 1.86. The third-order valence-electron chi connectivity index (χ3n) is 3.65. The molecule has 0 nitrogen and oxygen atoms in total. The molecule has 0 aliphatic heterocycles. The van der Waals surface area contributed by atoms with Gasteiger partial charge in [0.15, 0.2) is 0 Å². The fraction of sp³-hybridized carbons (Fsp3) is 0.333. The molecule has 0 bridgehead atoms. The molecule has 1 saturated carbocycles. The minimum atomic E-state index is 0.805. The molecule has 0 unspecified atom stereocenters. The standard InChI is InChI=1S/C15H15I/c16-13-9-12-7-3-4-8-14(12)15(10-13)11-5-1-2-6-11/h3-4,7-11H,1-2,5-6H2. The highest BCUT2D eigenvalue weighted by atomic mass is 127. The normalized spacial score (nSPS) is 17.1. The zero-order chi connectivity index (χ0) is 11.0. The predicted octanol–water partition coefficient (Wildman–Crippen LogP) is 5.10. The highest BCUT2D eigenvalue weighted by molar-refractivity contribution is 14.1. The zero-order valence-electron chi connectivity index (χ0n) is 9.25. The quantitative estimate of drug-likeness (QED) is 0.641. The molecule has 0 radical (unpaired) electrons. The second-order valence-corrected chi connectivity index (χ2v) is 5.94. The number of hydrogen-bond acceptors (Lipinski definition) is 0. The van der Waals surface area contributed by atoms with Gasteiger partial charge in [0.25, 0.3) is 0 Å². The molecule has 82 valence electrons. The first-order chi connectivity index (χ1) is 7.84. The third-order valence-corrected chi connectivity index (χ3v) is 4.28. The summed E-state index contributed by atoms with van der Waals surface area (Å²) in [5.74, 6) is 0.805. The van der Waals surface area contributed by atoms with Crippen molar-refractivity contribution in [3.8, 4) is 0 Å². The molecule has 0 aromatic heterocycles. The molecule has 0 atom stereocenters. The lowest BCUT2D eigenvalue weighted by Gasteiger charge is -2.13. The molecular weight excluding hydrogens is 307 g/mol. The molecule has 2 aromatic rings. The summed E-state index contributed by atoms with van der Waals surface area (Å²) in [5, 5.41) is 2.87. The van der Waals surface area contributed by atoms with Gasteiger partial charge in [0.2, 0.25) is 0 Å². The number of hydrogen-bond donors (Lipinski definition) is 0. The van der Waals surface area contributed by atoms with E-state index in [1.165, 1.54) is 40.0 Å². The second-order valence-electron chi connectivity index (χ2n) is 4.70. The van der Waals surface area contributed by atoms with E-state index in [1.807, 2.05) is 0 Å². The van der Waals surface area contributed by atoms with Crippen LogP contribution in [0.3, 0.4) is 0 Å². The van der Waals surface area contributed by atoms with Crippen LogP contribution < -0.4 is 0 Å². The van der Waals surface area contributed by atoms with Crippen molar-refractivity contribution in [1.29, 1.82) is 0 Å². The topological polar surface area (TPSA) is 0 Å². The lowest BCUT2D eigenvalue weighted by molar-refractivity contribution is 0.729. The summed E-state index contributed by atoms with van der Waals surface area (Å²) < 4.78 is 1.37. The van der Waals surface area contributed by atoms with Gasteiger partial charge < -0.3 is 0 Å². The van der Waals surface area contributed by atoms with Crippen LogP contribution in [-0.4, -0.2) is 0 Å². The van der Waals surface area contributed by atoms with Crippen LogP contribution in [0.1, 0.15) is 37.2 Å². The Kier molecular flexibility index (Phi) is 2.88. The van der Waals surface area contributed by atoms with Crippen LogP contribution in [0.25, 0.3) is 10.8 Å². The van der Waals surface area contributed by atoms with Gasteiger partial charge in [-0.05, 0) is 69.8 Å². The highest BCUT2D eigenvalue weighted by Crippen LogP contribution is 2.38. The van der Waals surface area contributed by atoms with E-state index in [4.69, 9.17) is 0 Å². The fourth-order valence-electron chi connectivity index (χ4n) is 2.88. The van der Waals surface area contributed by atoms with Gasteiger partial charge in [-0.25, -0.2) is 0 Å². The monoisotopic (exact) mass is 322 g/mol. The summed E-state index contributed by atoms with van der Waals surface area (Å²) in [5.41, 5.74) is 1.58. The maximum absolute atomic E-state index is 2.44. The number of rotatable bonds is 1. The molecule has 0 spiro atoms. The molecule has 0 N–H and O–H groups in total. The van der Waals surface area contributed by atoms with Crippen molar-refractivity contribution in [3.63, 3.8) is 0 Å². The van der Waals surface area contributed by atoms with Gasteiger partial charge in [-0.15, -0.1) is 0 Å². The van der Waals surface area contributed by atoms with Crippen molar-refractivity contribution in [2.75, 3.05) is 0 Å². The molecule has 3 rings (SSSR count). The Hall–Kier alpha value is -0.570. The Morgan fingerprint density at radius 2 is 1.75 bits per heavy atom. The Bertz CT molecular complexity index is 510.